The maximum Gasteiger partial charge on any atom is 0.336 e. The first-order chi connectivity index (χ1) is 7.59. The number of carbonyl (C=O) groups is 1. The smallest absolute Gasteiger partial charge is 0.336 e. The van der Waals surface area contributed by atoms with Crippen LogP contribution in [-0.4, -0.2) is 22.3 Å². The van der Waals surface area contributed by atoms with Crippen molar-refractivity contribution < 1.29 is 14.4 Å². The second kappa shape index (κ2) is 3.84. The molecular formula is C11H12N2O3. The van der Waals surface area contributed by atoms with Crippen molar-refractivity contribution in [2.45, 2.75) is 19.9 Å². The molecule has 0 saturated heterocycles. The standard InChI is InChI=1S/C11H12N2O3/c1-6(2)12-10-9-7(11(14)15)4-3-5-8(9)16-13-10/h3-6H,1-2H3,(H,12,13)(H,14,15). The maximum absolute atomic E-state index is 11.1. The molecule has 1 heterocycles. The van der Waals surface area contributed by atoms with Gasteiger partial charge in [0.2, 0.25) is 0 Å². The van der Waals surface area contributed by atoms with Crippen molar-refractivity contribution in [2.24, 2.45) is 0 Å². The van der Waals surface area contributed by atoms with Crippen LogP contribution in [0.3, 0.4) is 0 Å². The fourth-order valence-electron chi connectivity index (χ4n) is 1.54. The molecule has 0 aliphatic rings. The molecule has 0 bridgehead atoms. The van der Waals surface area contributed by atoms with Crippen molar-refractivity contribution in [3.8, 4) is 0 Å². The van der Waals surface area contributed by atoms with Crippen molar-refractivity contribution in [2.75, 3.05) is 5.32 Å². The fraction of sp³-hybridized carbons (Fsp3) is 0.273. The molecule has 2 aromatic rings. The molecule has 84 valence electrons. The lowest BCUT2D eigenvalue weighted by Crippen LogP contribution is -2.10. The van der Waals surface area contributed by atoms with Crippen molar-refractivity contribution in [3.63, 3.8) is 0 Å². The Kier molecular flexibility index (Phi) is 2.52. The zero-order valence-corrected chi connectivity index (χ0v) is 9.02. The third-order valence-electron chi connectivity index (χ3n) is 2.15. The number of fused-ring (bicyclic) bond motifs is 1. The SMILES string of the molecule is CC(C)Nc1noc2cccc(C(=O)O)c12. The number of nitrogens with one attached hydrogen (secondary N) is 1. The lowest BCUT2D eigenvalue weighted by atomic mass is 10.1. The van der Waals surface area contributed by atoms with E-state index < -0.39 is 5.97 Å². The molecule has 0 fully saturated rings. The highest BCUT2D eigenvalue weighted by molar-refractivity contribution is 6.06. The molecule has 2 rings (SSSR count). The van der Waals surface area contributed by atoms with Gasteiger partial charge in [-0.2, -0.15) is 0 Å². The van der Waals surface area contributed by atoms with Gasteiger partial charge in [-0.1, -0.05) is 11.2 Å². The van der Waals surface area contributed by atoms with Crippen molar-refractivity contribution in [1.82, 2.24) is 5.16 Å². The maximum atomic E-state index is 11.1. The number of carboxylic acids is 1. The van der Waals surface area contributed by atoms with E-state index in [1.54, 1.807) is 12.1 Å². The lowest BCUT2D eigenvalue weighted by Gasteiger charge is -2.06. The van der Waals surface area contributed by atoms with Crippen LogP contribution in [0.4, 0.5) is 5.82 Å². The van der Waals surface area contributed by atoms with Gasteiger partial charge in [0.05, 0.1) is 10.9 Å². The molecule has 5 heteroatoms. The first-order valence-corrected chi connectivity index (χ1v) is 4.98. The molecule has 2 N–H and O–H groups in total. The predicted octanol–water partition coefficient (Wildman–Crippen LogP) is 2.35. The number of nitrogens with zero attached hydrogens (tertiary/aromatic N) is 1. The number of aromatic carboxylic acids is 1. The van der Waals surface area contributed by atoms with Gasteiger partial charge in [0.25, 0.3) is 0 Å². The second-order valence-electron chi connectivity index (χ2n) is 3.81. The molecule has 0 atom stereocenters. The van der Waals surface area contributed by atoms with E-state index in [0.29, 0.717) is 16.8 Å². The van der Waals surface area contributed by atoms with Crippen LogP contribution in [0.25, 0.3) is 11.0 Å². The summed E-state index contributed by atoms with van der Waals surface area (Å²) in [5.74, 6) is -0.511. The largest absolute Gasteiger partial charge is 0.478 e. The number of benzene rings is 1. The van der Waals surface area contributed by atoms with Gasteiger partial charge in [0.15, 0.2) is 11.4 Å². The van der Waals surface area contributed by atoms with E-state index in [0.717, 1.165) is 0 Å². The number of hydrogen-bond acceptors (Lipinski definition) is 4. The van der Waals surface area contributed by atoms with E-state index in [4.69, 9.17) is 9.63 Å². The van der Waals surface area contributed by atoms with E-state index >= 15 is 0 Å². The van der Waals surface area contributed by atoms with Crippen LogP contribution in [-0.2, 0) is 0 Å². The quantitative estimate of drug-likeness (QED) is 0.830. The zero-order valence-electron chi connectivity index (χ0n) is 9.02. The summed E-state index contributed by atoms with van der Waals surface area (Å²) in [6, 6.07) is 5.03. The summed E-state index contributed by atoms with van der Waals surface area (Å²) in [7, 11) is 0. The topological polar surface area (TPSA) is 75.4 Å². The zero-order chi connectivity index (χ0) is 11.7. The molecule has 0 saturated carbocycles. The molecule has 0 radical (unpaired) electrons. The van der Waals surface area contributed by atoms with Gasteiger partial charge in [-0.05, 0) is 26.0 Å². The van der Waals surface area contributed by atoms with E-state index in [1.807, 2.05) is 13.8 Å². The van der Waals surface area contributed by atoms with Gasteiger partial charge in [-0.3, -0.25) is 0 Å². The van der Waals surface area contributed by atoms with Crippen LogP contribution in [0.1, 0.15) is 24.2 Å². The monoisotopic (exact) mass is 220 g/mol. The first-order valence-electron chi connectivity index (χ1n) is 4.98. The molecule has 0 aliphatic carbocycles. The summed E-state index contributed by atoms with van der Waals surface area (Å²) in [5, 5.41) is 16.5. The van der Waals surface area contributed by atoms with Gasteiger partial charge in [0.1, 0.15) is 0 Å². The fourth-order valence-corrected chi connectivity index (χ4v) is 1.54. The van der Waals surface area contributed by atoms with Crippen LogP contribution in [0.5, 0.6) is 0 Å². The molecule has 1 aromatic carbocycles. The summed E-state index contributed by atoms with van der Waals surface area (Å²) in [6.45, 7) is 3.90. The van der Waals surface area contributed by atoms with E-state index in [1.165, 1.54) is 6.07 Å². The third-order valence-corrected chi connectivity index (χ3v) is 2.15. The van der Waals surface area contributed by atoms with Crippen molar-refractivity contribution >= 4 is 22.8 Å². The number of anilines is 1. The highest BCUT2D eigenvalue weighted by Gasteiger charge is 2.16. The Morgan fingerprint density at radius 3 is 2.88 bits per heavy atom. The average molecular weight is 220 g/mol. The Morgan fingerprint density at radius 2 is 2.25 bits per heavy atom. The molecule has 0 aliphatic heterocycles. The van der Waals surface area contributed by atoms with Crippen LogP contribution in [0, 0.1) is 0 Å². The highest BCUT2D eigenvalue weighted by Crippen LogP contribution is 2.26. The Bertz CT molecular complexity index is 531. The van der Waals surface area contributed by atoms with Crippen LogP contribution in [0.15, 0.2) is 22.7 Å². The molecule has 0 unspecified atom stereocenters. The van der Waals surface area contributed by atoms with Gasteiger partial charge >= 0.3 is 5.97 Å². The van der Waals surface area contributed by atoms with Crippen LogP contribution >= 0.6 is 0 Å². The Hall–Kier alpha value is -2.04. The number of rotatable bonds is 3. The lowest BCUT2D eigenvalue weighted by molar-refractivity contribution is 0.0699. The minimum atomic E-state index is -0.986. The minimum Gasteiger partial charge on any atom is -0.478 e. The van der Waals surface area contributed by atoms with Crippen LogP contribution < -0.4 is 5.32 Å². The van der Waals surface area contributed by atoms with E-state index in [-0.39, 0.29) is 11.6 Å². The summed E-state index contributed by atoms with van der Waals surface area (Å²) >= 11 is 0. The first kappa shape index (κ1) is 10.5. The van der Waals surface area contributed by atoms with E-state index in [2.05, 4.69) is 10.5 Å². The molecule has 16 heavy (non-hydrogen) atoms. The number of aromatic nitrogens is 1. The summed E-state index contributed by atoms with van der Waals surface area (Å²) < 4.78 is 5.06. The Balaban J connectivity index is 2.63. The predicted molar refractivity (Wildman–Crippen MR) is 59.7 cm³/mol. The third kappa shape index (κ3) is 1.71. The minimum absolute atomic E-state index is 0.162. The molecule has 1 aromatic heterocycles. The molecule has 0 amide bonds. The Labute approximate surface area is 92.0 Å². The van der Waals surface area contributed by atoms with Crippen molar-refractivity contribution in [1.29, 1.82) is 0 Å². The van der Waals surface area contributed by atoms with Gasteiger partial charge in [-0.25, -0.2) is 4.79 Å². The average Bonchev–Trinajstić information content (AvgIpc) is 2.60. The molecule has 5 nitrogen and oxygen atoms in total. The summed E-state index contributed by atoms with van der Waals surface area (Å²) in [6.07, 6.45) is 0. The molecule has 0 spiro atoms. The Morgan fingerprint density at radius 1 is 1.50 bits per heavy atom. The van der Waals surface area contributed by atoms with Gasteiger partial charge < -0.3 is 14.9 Å². The number of carboxylic acid groups (broad SMARTS) is 1. The summed E-state index contributed by atoms with van der Waals surface area (Å²) in [5.41, 5.74) is 0.671. The van der Waals surface area contributed by atoms with Crippen LogP contribution in [0.2, 0.25) is 0 Å². The van der Waals surface area contributed by atoms with Gasteiger partial charge in [-0.15, -0.1) is 0 Å². The summed E-state index contributed by atoms with van der Waals surface area (Å²) in [4.78, 5) is 11.1. The van der Waals surface area contributed by atoms with E-state index in [9.17, 15) is 4.79 Å². The van der Waals surface area contributed by atoms with Crippen molar-refractivity contribution in [3.05, 3.63) is 23.8 Å². The normalized spacial score (nSPS) is 10.9. The van der Waals surface area contributed by atoms with Gasteiger partial charge in [0, 0.05) is 6.04 Å². The number of hydrogen-bond donors (Lipinski definition) is 2. The molecular weight excluding hydrogens is 208 g/mol. The highest BCUT2D eigenvalue weighted by atomic mass is 16.5. The second-order valence-corrected chi connectivity index (χ2v) is 3.81.